The second-order valence-electron chi connectivity index (χ2n) is 5.72. The van der Waals surface area contributed by atoms with Crippen molar-refractivity contribution in [2.75, 3.05) is 13.1 Å². The van der Waals surface area contributed by atoms with E-state index >= 15 is 0 Å². The standard InChI is InChI=1S/C15H23N3O2S/c1-9-14(21-11(3)16-9)10(2)17-15(20)13-6-5-7-18(8-13)12(4)19/h10,13H,5-8H2,1-4H3,(H,17,20)/t10-,13+/m1/s1. The molecule has 1 N–H and O–H groups in total. The molecule has 0 aromatic carbocycles. The summed E-state index contributed by atoms with van der Waals surface area (Å²) in [5, 5.41) is 4.09. The van der Waals surface area contributed by atoms with E-state index in [4.69, 9.17) is 0 Å². The number of piperidine rings is 1. The summed E-state index contributed by atoms with van der Waals surface area (Å²) in [7, 11) is 0. The number of aromatic nitrogens is 1. The van der Waals surface area contributed by atoms with Crippen LogP contribution in [0, 0.1) is 19.8 Å². The van der Waals surface area contributed by atoms with Crippen LogP contribution >= 0.6 is 11.3 Å². The Morgan fingerprint density at radius 3 is 2.71 bits per heavy atom. The van der Waals surface area contributed by atoms with Crippen LogP contribution in [0.1, 0.15) is 48.3 Å². The third-order valence-corrected chi connectivity index (χ3v) is 5.18. The summed E-state index contributed by atoms with van der Waals surface area (Å²) in [6.45, 7) is 8.80. The minimum absolute atomic E-state index is 0.0311. The molecule has 1 aromatic rings. The van der Waals surface area contributed by atoms with Gasteiger partial charge in [0.15, 0.2) is 0 Å². The van der Waals surface area contributed by atoms with Crippen LogP contribution in [0.5, 0.6) is 0 Å². The fraction of sp³-hybridized carbons (Fsp3) is 0.667. The molecule has 1 saturated heterocycles. The highest BCUT2D eigenvalue weighted by atomic mass is 32.1. The SMILES string of the molecule is CC(=O)N1CCC[C@H](C(=O)N[C@H](C)c2sc(C)nc2C)C1. The summed E-state index contributed by atoms with van der Waals surface area (Å²) in [6.07, 6.45) is 1.74. The number of nitrogens with one attached hydrogen (secondary N) is 1. The van der Waals surface area contributed by atoms with Crippen LogP contribution < -0.4 is 5.32 Å². The normalized spacial score (nSPS) is 20.2. The van der Waals surface area contributed by atoms with Gasteiger partial charge in [0.25, 0.3) is 0 Å². The summed E-state index contributed by atoms with van der Waals surface area (Å²) in [5.41, 5.74) is 0.985. The van der Waals surface area contributed by atoms with Crippen molar-refractivity contribution >= 4 is 23.2 Å². The molecular formula is C15H23N3O2S. The lowest BCUT2D eigenvalue weighted by molar-refractivity contribution is -0.134. The van der Waals surface area contributed by atoms with Gasteiger partial charge >= 0.3 is 0 Å². The molecule has 2 heterocycles. The lowest BCUT2D eigenvalue weighted by Gasteiger charge is -2.31. The quantitative estimate of drug-likeness (QED) is 0.931. The van der Waals surface area contributed by atoms with Gasteiger partial charge in [-0.3, -0.25) is 9.59 Å². The third kappa shape index (κ3) is 3.81. The molecule has 0 radical (unpaired) electrons. The van der Waals surface area contributed by atoms with Crippen LogP contribution in [0.4, 0.5) is 0 Å². The molecule has 2 atom stereocenters. The number of thiazole rings is 1. The van der Waals surface area contributed by atoms with Crippen molar-refractivity contribution < 1.29 is 9.59 Å². The van der Waals surface area contributed by atoms with E-state index in [0.717, 1.165) is 35.0 Å². The third-order valence-electron chi connectivity index (χ3n) is 3.93. The van der Waals surface area contributed by atoms with Gasteiger partial charge in [0.2, 0.25) is 11.8 Å². The number of rotatable bonds is 3. The highest BCUT2D eigenvalue weighted by Gasteiger charge is 2.28. The van der Waals surface area contributed by atoms with Crippen molar-refractivity contribution in [2.24, 2.45) is 5.92 Å². The van der Waals surface area contributed by atoms with Crippen molar-refractivity contribution in [3.8, 4) is 0 Å². The molecule has 1 aliphatic rings. The van der Waals surface area contributed by atoms with Gasteiger partial charge < -0.3 is 10.2 Å². The number of aryl methyl sites for hydroxylation is 2. The lowest BCUT2D eigenvalue weighted by atomic mass is 9.96. The van der Waals surface area contributed by atoms with E-state index in [-0.39, 0.29) is 23.8 Å². The Balaban J connectivity index is 1.97. The number of hydrogen-bond acceptors (Lipinski definition) is 4. The average molecular weight is 309 g/mol. The molecule has 2 rings (SSSR count). The van der Waals surface area contributed by atoms with Crippen LogP contribution in [0.15, 0.2) is 0 Å². The van der Waals surface area contributed by atoms with Crippen LogP contribution in [0.2, 0.25) is 0 Å². The van der Waals surface area contributed by atoms with E-state index < -0.39 is 0 Å². The maximum Gasteiger partial charge on any atom is 0.225 e. The van der Waals surface area contributed by atoms with E-state index in [0.29, 0.717) is 6.54 Å². The molecule has 1 fully saturated rings. The molecule has 1 aromatic heterocycles. The molecule has 5 nitrogen and oxygen atoms in total. The minimum atomic E-state index is -0.0978. The Labute approximate surface area is 129 Å². The molecule has 0 saturated carbocycles. The Kier molecular flexibility index (Phi) is 4.98. The van der Waals surface area contributed by atoms with Gasteiger partial charge in [-0.2, -0.15) is 0 Å². The number of carbonyl (C=O) groups is 2. The first-order valence-corrected chi connectivity index (χ1v) is 8.20. The van der Waals surface area contributed by atoms with Gasteiger partial charge in [0.05, 0.1) is 22.7 Å². The lowest BCUT2D eigenvalue weighted by Crippen LogP contribution is -2.45. The van der Waals surface area contributed by atoms with Crippen LogP contribution in [0.3, 0.4) is 0 Å². The first kappa shape index (κ1) is 15.9. The van der Waals surface area contributed by atoms with E-state index in [1.54, 1.807) is 23.2 Å². The van der Waals surface area contributed by atoms with Crippen LogP contribution in [0.25, 0.3) is 0 Å². The number of hydrogen-bond donors (Lipinski definition) is 1. The minimum Gasteiger partial charge on any atom is -0.348 e. The zero-order chi connectivity index (χ0) is 15.6. The number of amides is 2. The number of carbonyl (C=O) groups excluding carboxylic acids is 2. The van der Waals surface area contributed by atoms with Crippen LogP contribution in [-0.2, 0) is 9.59 Å². The maximum atomic E-state index is 12.4. The Bertz CT molecular complexity index is 541. The smallest absolute Gasteiger partial charge is 0.225 e. The summed E-state index contributed by atoms with van der Waals surface area (Å²) in [4.78, 5) is 31.1. The van der Waals surface area contributed by atoms with Gasteiger partial charge in [-0.1, -0.05) is 0 Å². The molecule has 6 heteroatoms. The fourth-order valence-corrected chi connectivity index (χ4v) is 3.75. The highest BCUT2D eigenvalue weighted by molar-refractivity contribution is 7.11. The summed E-state index contributed by atoms with van der Waals surface area (Å²) in [5.74, 6) is -0.00666. The second-order valence-corrected chi connectivity index (χ2v) is 6.95. The van der Waals surface area contributed by atoms with E-state index in [1.165, 1.54) is 0 Å². The predicted molar refractivity (Wildman–Crippen MR) is 83.1 cm³/mol. The summed E-state index contributed by atoms with van der Waals surface area (Å²) in [6, 6.07) is -0.0311. The Hall–Kier alpha value is -1.43. The van der Waals surface area contributed by atoms with E-state index in [1.807, 2.05) is 20.8 Å². The van der Waals surface area contributed by atoms with Crippen molar-refractivity contribution in [1.29, 1.82) is 0 Å². The molecule has 0 aliphatic carbocycles. The average Bonchev–Trinajstić information content (AvgIpc) is 2.77. The van der Waals surface area contributed by atoms with Crippen molar-refractivity contribution in [1.82, 2.24) is 15.2 Å². The van der Waals surface area contributed by atoms with E-state index in [2.05, 4.69) is 10.3 Å². The molecule has 0 bridgehead atoms. The predicted octanol–water partition coefficient (Wildman–Crippen LogP) is 2.20. The summed E-state index contributed by atoms with van der Waals surface area (Å²) >= 11 is 1.63. The maximum absolute atomic E-state index is 12.4. The molecular weight excluding hydrogens is 286 g/mol. The van der Waals surface area contributed by atoms with Gasteiger partial charge in [-0.15, -0.1) is 11.3 Å². The van der Waals surface area contributed by atoms with E-state index in [9.17, 15) is 9.59 Å². The zero-order valence-electron chi connectivity index (χ0n) is 13.1. The Morgan fingerprint density at radius 2 is 2.14 bits per heavy atom. The van der Waals surface area contributed by atoms with Crippen LogP contribution in [-0.4, -0.2) is 34.8 Å². The molecule has 0 spiro atoms. The van der Waals surface area contributed by atoms with Gasteiger partial charge in [-0.05, 0) is 33.6 Å². The molecule has 2 amide bonds. The highest BCUT2D eigenvalue weighted by Crippen LogP contribution is 2.25. The molecule has 1 aliphatic heterocycles. The molecule has 0 unspecified atom stereocenters. The van der Waals surface area contributed by atoms with Gasteiger partial charge in [0.1, 0.15) is 0 Å². The monoisotopic (exact) mass is 309 g/mol. The topological polar surface area (TPSA) is 62.3 Å². The van der Waals surface area contributed by atoms with Gasteiger partial charge in [-0.25, -0.2) is 4.98 Å². The largest absolute Gasteiger partial charge is 0.348 e. The Morgan fingerprint density at radius 1 is 1.43 bits per heavy atom. The molecule has 21 heavy (non-hydrogen) atoms. The van der Waals surface area contributed by atoms with Crippen molar-refractivity contribution in [2.45, 2.75) is 46.6 Å². The summed E-state index contributed by atoms with van der Waals surface area (Å²) < 4.78 is 0. The number of likely N-dealkylation sites (tertiary alicyclic amines) is 1. The second kappa shape index (κ2) is 6.56. The first-order chi connectivity index (χ1) is 9.88. The first-order valence-electron chi connectivity index (χ1n) is 7.38. The van der Waals surface area contributed by atoms with Crippen molar-refractivity contribution in [3.05, 3.63) is 15.6 Å². The van der Waals surface area contributed by atoms with Crippen molar-refractivity contribution in [3.63, 3.8) is 0 Å². The fourth-order valence-electron chi connectivity index (χ4n) is 2.82. The number of nitrogens with zero attached hydrogens (tertiary/aromatic N) is 2. The van der Waals surface area contributed by atoms with Gasteiger partial charge in [0, 0.05) is 24.9 Å². The zero-order valence-corrected chi connectivity index (χ0v) is 13.9. The molecule has 116 valence electrons.